The molecule has 2 aromatic heterocycles. The molecule has 0 bridgehead atoms. The van der Waals surface area contributed by atoms with Crippen molar-refractivity contribution in [3.05, 3.63) is 71.4 Å². The predicted molar refractivity (Wildman–Crippen MR) is 121 cm³/mol. The molecule has 0 aliphatic heterocycles. The van der Waals surface area contributed by atoms with Crippen LogP contribution in [0.3, 0.4) is 0 Å². The Kier molecular flexibility index (Phi) is 6.49. The van der Waals surface area contributed by atoms with Crippen LogP contribution in [0.5, 0.6) is 5.75 Å². The van der Waals surface area contributed by atoms with Gasteiger partial charge in [0.1, 0.15) is 11.6 Å². The maximum Gasteiger partial charge on any atom is 0.191 e. The van der Waals surface area contributed by atoms with Crippen LogP contribution in [0.2, 0.25) is 0 Å². The fraction of sp³-hybridized carbons (Fsp3) is 0.273. The monoisotopic (exact) mass is 424 g/mol. The molecule has 0 spiro atoms. The standard InChI is InChI=1S/C22H24N4OS2/c1-25(15-19-14-17-8-6-7-11-20(17)29-19)16-21-23-24-22(26(21)2)28-13-12-27-18-9-4-3-5-10-18/h3-11,14H,12-13,15-16H2,1-2H3. The average Bonchev–Trinajstić information content (AvgIpc) is 3.29. The van der Waals surface area contributed by atoms with Gasteiger partial charge in [-0.25, -0.2) is 0 Å². The molecule has 4 rings (SSSR count). The van der Waals surface area contributed by atoms with Crippen LogP contribution in [0.4, 0.5) is 0 Å². The van der Waals surface area contributed by atoms with Crippen molar-refractivity contribution < 1.29 is 4.74 Å². The zero-order valence-corrected chi connectivity index (χ0v) is 18.2. The summed E-state index contributed by atoms with van der Waals surface area (Å²) in [6.07, 6.45) is 0. The second-order valence-electron chi connectivity index (χ2n) is 6.89. The zero-order chi connectivity index (χ0) is 20.1. The van der Waals surface area contributed by atoms with Gasteiger partial charge in [-0.15, -0.1) is 21.5 Å². The second kappa shape index (κ2) is 9.43. The summed E-state index contributed by atoms with van der Waals surface area (Å²) in [7, 11) is 4.16. The molecule has 0 N–H and O–H groups in total. The normalized spacial score (nSPS) is 11.4. The van der Waals surface area contributed by atoms with E-state index in [4.69, 9.17) is 4.74 Å². The second-order valence-corrected chi connectivity index (χ2v) is 9.12. The number of hydrogen-bond donors (Lipinski definition) is 0. The Morgan fingerprint density at radius 2 is 1.83 bits per heavy atom. The van der Waals surface area contributed by atoms with Crippen molar-refractivity contribution in [1.82, 2.24) is 19.7 Å². The van der Waals surface area contributed by atoms with Gasteiger partial charge in [-0.2, -0.15) is 0 Å². The van der Waals surface area contributed by atoms with E-state index in [1.807, 2.05) is 48.7 Å². The Morgan fingerprint density at radius 1 is 1.03 bits per heavy atom. The molecule has 2 heterocycles. The van der Waals surface area contributed by atoms with E-state index in [1.54, 1.807) is 11.8 Å². The van der Waals surface area contributed by atoms with E-state index in [0.29, 0.717) is 6.61 Å². The highest BCUT2D eigenvalue weighted by molar-refractivity contribution is 7.99. The van der Waals surface area contributed by atoms with Crippen LogP contribution < -0.4 is 4.74 Å². The first kappa shape index (κ1) is 19.9. The summed E-state index contributed by atoms with van der Waals surface area (Å²) in [5.74, 6) is 2.70. The minimum atomic E-state index is 0.642. The highest BCUT2D eigenvalue weighted by atomic mass is 32.2. The number of aromatic nitrogens is 3. The van der Waals surface area contributed by atoms with Crippen molar-refractivity contribution in [2.24, 2.45) is 7.05 Å². The average molecular weight is 425 g/mol. The van der Waals surface area contributed by atoms with Crippen molar-refractivity contribution in [1.29, 1.82) is 0 Å². The summed E-state index contributed by atoms with van der Waals surface area (Å²) in [5.41, 5.74) is 0. The molecule has 29 heavy (non-hydrogen) atoms. The van der Waals surface area contributed by atoms with E-state index >= 15 is 0 Å². The van der Waals surface area contributed by atoms with E-state index in [1.165, 1.54) is 15.0 Å². The van der Waals surface area contributed by atoms with Crippen LogP contribution >= 0.6 is 23.1 Å². The largest absolute Gasteiger partial charge is 0.493 e. The summed E-state index contributed by atoms with van der Waals surface area (Å²) < 4.78 is 9.16. The smallest absolute Gasteiger partial charge is 0.191 e. The summed E-state index contributed by atoms with van der Waals surface area (Å²) in [4.78, 5) is 3.64. The van der Waals surface area contributed by atoms with Crippen LogP contribution in [0.1, 0.15) is 10.7 Å². The van der Waals surface area contributed by atoms with Gasteiger partial charge < -0.3 is 9.30 Å². The van der Waals surface area contributed by atoms with Gasteiger partial charge in [-0.05, 0) is 36.7 Å². The third-order valence-electron chi connectivity index (χ3n) is 4.57. The molecule has 4 aromatic rings. The number of rotatable bonds is 9. The first-order chi connectivity index (χ1) is 14.2. The summed E-state index contributed by atoms with van der Waals surface area (Å²) >= 11 is 3.52. The third-order valence-corrected chi connectivity index (χ3v) is 6.65. The van der Waals surface area contributed by atoms with Gasteiger partial charge in [0.15, 0.2) is 5.16 Å². The van der Waals surface area contributed by atoms with Crippen LogP contribution in [0.15, 0.2) is 65.8 Å². The fourth-order valence-electron chi connectivity index (χ4n) is 3.10. The summed E-state index contributed by atoms with van der Waals surface area (Å²) in [6.45, 7) is 2.31. The number of nitrogens with zero attached hydrogens (tertiary/aromatic N) is 4. The van der Waals surface area contributed by atoms with Crippen molar-refractivity contribution in [3.8, 4) is 5.75 Å². The molecule has 0 radical (unpaired) electrons. The first-order valence-electron chi connectivity index (χ1n) is 9.54. The Labute approximate surface area is 179 Å². The fourth-order valence-corrected chi connectivity index (χ4v) is 4.99. The van der Waals surface area contributed by atoms with Gasteiger partial charge in [0.05, 0.1) is 13.2 Å². The Morgan fingerprint density at radius 3 is 2.66 bits per heavy atom. The Bertz CT molecular complexity index is 1030. The minimum absolute atomic E-state index is 0.642. The molecule has 0 aliphatic carbocycles. The molecule has 0 unspecified atom stereocenters. The minimum Gasteiger partial charge on any atom is -0.493 e. The highest BCUT2D eigenvalue weighted by Crippen LogP contribution is 2.26. The number of ether oxygens (including phenoxy) is 1. The molecular formula is C22H24N4OS2. The summed E-state index contributed by atoms with van der Waals surface area (Å²) in [5, 5.41) is 11.0. The quantitative estimate of drug-likeness (QED) is 0.284. The lowest BCUT2D eigenvalue weighted by molar-refractivity contribution is 0.308. The zero-order valence-electron chi connectivity index (χ0n) is 16.6. The van der Waals surface area contributed by atoms with Crippen LogP contribution in [0.25, 0.3) is 10.1 Å². The lowest BCUT2D eigenvalue weighted by atomic mass is 10.2. The number of benzene rings is 2. The van der Waals surface area contributed by atoms with E-state index in [0.717, 1.165) is 35.6 Å². The van der Waals surface area contributed by atoms with Crippen LogP contribution in [0, 0.1) is 0 Å². The number of fused-ring (bicyclic) bond motifs is 1. The molecule has 0 saturated heterocycles. The van der Waals surface area contributed by atoms with Gasteiger partial charge in [-0.1, -0.05) is 48.2 Å². The lowest BCUT2D eigenvalue weighted by Gasteiger charge is -2.15. The van der Waals surface area contributed by atoms with Crippen LogP contribution in [-0.2, 0) is 20.1 Å². The SMILES string of the molecule is CN(Cc1cc2ccccc2s1)Cc1nnc(SCCOc2ccccc2)n1C. The summed E-state index contributed by atoms with van der Waals surface area (Å²) in [6, 6.07) is 20.7. The molecule has 0 amide bonds. The van der Waals surface area contributed by atoms with Gasteiger partial charge in [0, 0.05) is 28.9 Å². The molecule has 150 valence electrons. The van der Waals surface area contributed by atoms with Crippen molar-refractivity contribution in [3.63, 3.8) is 0 Å². The molecule has 2 aromatic carbocycles. The topological polar surface area (TPSA) is 43.2 Å². The van der Waals surface area contributed by atoms with Gasteiger partial charge in [-0.3, -0.25) is 4.90 Å². The van der Waals surface area contributed by atoms with Crippen molar-refractivity contribution >= 4 is 33.2 Å². The number of hydrogen-bond acceptors (Lipinski definition) is 6. The van der Waals surface area contributed by atoms with E-state index < -0.39 is 0 Å². The molecule has 5 nitrogen and oxygen atoms in total. The molecule has 0 atom stereocenters. The number of thiophene rings is 1. The molecule has 0 aliphatic rings. The van der Waals surface area contributed by atoms with E-state index in [-0.39, 0.29) is 0 Å². The number of para-hydroxylation sites is 1. The molecule has 0 saturated carbocycles. The maximum atomic E-state index is 5.74. The van der Waals surface area contributed by atoms with E-state index in [9.17, 15) is 0 Å². The first-order valence-corrected chi connectivity index (χ1v) is 11.3. The predicted octanol–water partition coefficient (Wildman–Crippen LogP) is 4.83. The van der Waals surface area contributed by atoms with E-state index in [2.05, 4.69) is 57.0 Å². The lowest BCUT2D eigenvalue weighted by Crippen LogP contribution is -2.19. The van der Waals surface area contributed by atoms with Crippen molar-refractivity contribution in [2.75, 3.05) is 19.4 Å². The third kappa shape index (κ3) is 5.18. The Balaban J connectivity index is 1.28. The van der Waals surface area contributed by atoms with Crippen molar-refractivity contribution in [2.45, 2.75) is 18.2 Å². The van der Waals surface area contributed by atoms with Gasteiger partial charge >= 0.3 is 0 Å². The van der Waals surface area contributed by atoms with Crippen LogP contribution in [-0.4, -0.2) is 39.1 Å². The van der Waals surface area contributed by atoms with Gasteiger partial charge in [0.25, 0.3) is 0 Å². The number of thioether (sulfide) groups is 1. The highest BCUT2D eigenvalue weighted by Gasteiger charge is 2.12. The Hall–Kier alpha value is -2.35. The molecule has 0 fully saturated rings. The molecule has 7 heteroatoms. The molecular weight excluding hydrogens is 400 g/mol. The maximum absolute atomic E-state index is 5.74. The van der Waals surface area contributed by atoms with Gasteiger partial charge in [0.2, 0.25) is 0 Å².